The predicted octanol–water partition coefficient (Wildman–Crippen LogP) is 3.17. The molecule has 4 rings (SSSR count). The van der Waals surface area contributed by atoms with Gasteiger partial charge in [0.1, 0.15) is 5.69 Å². The van der Waals surface area contributed by atoms with Crippen molar-refractivity contribution in [1.29, 1.82) is 0 Å². The van der Waals surface area contributed by atoms with Gasteiger partial charge in [0.05, 0.1) is 4.90 Å². The minimum absolute atomic E-state index is 0.0128. The SMILES string of the molecule is CCN(CC)S(=O)(=O)c1ccc2c(c1)cc(C(=O)N1CCN(Cc3ccccc3)CC1)n2C. The van der Waals surface area contributed by atoms with Crippen LogP contribution in [-0.4, -0.2) is 72.3 Å². The molecule has 2 aromatic carbocycles. The molecule has 1 aliphatic rings. The van der Waals surface area contributed by atoms with Crippen molar-refractivity contribution in [2.75, 3.05) is 39.3 Å². The van der Waals surface area contributed by atoms with Crippen LogP contribution in [0.1, 0.15) is 29.9 Å². The van der Waals surface area contributed by atoms with E-state index in [9.17, 15) is 13.2 Å². The molecule has 0 radical (unpaired) electrons. The van der Waals surface area contributed by atoms with Gasteiger partial charge in [-0.1, -0.05) is 44.2 Å². The number of sulfonamides is 1. The summed E-state index contributed by atoms with van der Waals surface area (Å²) in [5, 5.41) is 0.761. The standard InChI is InChI=1S/C25H32N4O3S/c1-4-29(5-2)33(31,32)22-11-12-23-21(17-22)18-24(26(23)3)25(30)28-15-13-27(14-16-28)19-20-9-7-6-8-10-20/h6-12,17-18H,4-5,13-16,19H2,1-3H3. The highest BCUT2D eigenvalue weighted by atomic mass is 32.2. The quantitative estimate of drug-likeness (QED) is 0.534. The molecule has 0 unspecified atom stereocenters. The van der Waals surface area contributed by atoms with Gasteiger partial charge < -0.3 is 9.47 Å². The van der Waals surface area contributed by atoms with Crippen molar-refractivity contribution in [3.8, 4) is 0 Å². The van der Waals surface area contributed by atoms with Crippen LogP contribution in [0, 0.1) is 0 Å². The second kappa shape index (κ2) is 9.67. The van der Waals surface area contributed by atoms with Crippen LogP contribution >= 0.6 is 0 Å². The number of hydrogen-bond acceptors (Lipinski definition) is 4. The predicted molar refractivity (Wildman–Crippen MR) is 131 cm³/mol. The van der Waals surface area contributed by atoms with Gasteiger partial charge in [-0.2, -0.15) is 4.31 Å². The monoisotopic (exact) mass is 468 g/mol. The maximum Gasteiger partial charge on any atom is 0.270 e. The fraction of sp³-hybridized carbons (Fsp3) is 0.400. The zero-order valence-electron chi connectivity index (χ0n) is 19.6. The number of fused-ring (bicyclic) bond motifs is 1. The van der Waals surface area contributed by atoms with Gasteiger partial charge in [0, 0.05) is 63.8 Å². The largest absolute Gasteiger partial charge is 0.340 e. The van der Waals surface area contributed by atoms with Crippen LogP contribution in [0.15, 0.2) is 59.5 Å². The number of aryl methyl sites for hydroxylation is 1. The lowest BCUT2D eigenvalue weighted by molar-refractivity contribution is 0.0619. The van der Waals surface area contributed by atoms with Crippen molar-refractivity contribution in [1.82, 2.24) is 18.7 Å². The lowest BCUT2D eigenvalue weighted by Gasteiger charge is -2.34. The van der Waals surface area contributed by atoms with Crippen molar-refractivity contribution in [2.24, 2.45) is 7.05 Å². The van der Waals surface area contributed by atoms with Crippen LogP contribution in [0.2, 0.25) is 0 Å². The highest BCUT2D eigenvalue weighted by Gasteiger charge is 2.26. The number of benzene rings is 2. The first-order chi connectivity index (χ1) is 15.8. The smallest absolute Gasteiger partial charge is 0.270 e. The maximum atomic E-state index is 13.3. The molecule has 0 N–H and O–H groups in total. The molecule has 1 aliphatic heterocycles. The molecule has 7 nitrogen and oxygen atoms in total. The Morgan fingerprint density at radius 2 is 1.61 bits per heavy atom. The second-order valence-electron chi connectivity index (χ2n) is 8.45. The molecule has 0 saturated carbocycles. The Kier molecular flexibility index (Phi) is 6.88. The molecule has 1 fully saturated rings. The van der Waals surface area contributed by atoms with Crippen LogP contribution < -0.4 is 0 Å². The molecule has 0 atom stereocenters. The fourth-order valence-corrected chi connectivity index (χ4v) is 6.01. The zero-order valence-corrected chi connectivity index (χ0v) is 20.4. The molecule has 0 aliphatic carbocycles. The molecule has 3 aromatic rings. The summed E-state index contributed by atoms with van der Waals surface area (Å²) in [6, 6.07) is 17.3. The Bertz CT molecular complexity index is 1230. The van der Waals surface area contributed by atoms with Crippen LogP contribution in [0.25, 0.3) is 10.9 Å². The Morgan fingerprint density at radius 3 is 2.24 bits per heavy atom. The van der Waals surface area contributed by atoms with Gasteiger partial charge in [-0.3, -0.25) is 9.69 Å². The maximum absolute atomic E-state index is 13.3. The number of piperazine rings is 1. The van der Waals surface area contributed by atoms with E-state index in [0.717, 1.165) is 30.5 Å². The van der Waals surface area contributed by atoms with E-state index in [1.165, 1.54) is 9.87 Å². The summed E-state index contributed by atoms with van der Waals surface area (Å²) in [6.45, 7) is 8.41. The van der Waals surface area contributed by atoms with E-state index in [-0.39, 0.29) is 10.8 Å². The number of nitrogens with zero attached hydrogens (tertiary/aromatic N) is 4. The third kappa shape index (κ3) is 4.69. The number of rotatable bonds is 7. The highest BCUT2D eigenvalue weighted by Crippen LogP contribution is 2.25. The van der Waals surface area contributed by atoms with Crippen LogP contribution in [0.3, 0.4) is 0 Å². The average molecular weight is 469 g/mol. The number of amides is 1. The molecule has 8 heteroatoms. The van der Waals surface area contributed by atoms with E-state index < -0.39 is 10.0 Å². The van der Waals surface area contributed by atoms with Gasteiger partial charge in [-0.15, -0.1) is 0 Å². The van der Waals surface area contributed by atoms with Crippen LogP contribution in [0.5, 0.6) is 0 Å². The lowest BCUT2D eigenvalue weighted by atomic mass is 10.2. The molecule has 2 heterocycles. The molecule has 33 heavy (non-hydrogen) atoms. The molecule has 1 amide bonds. The molecular weight excluding hydrogens is 436 g/mol. The highest BCUT2D eigenvalue weighted by molar-refractivity contribution is 7.89. The van der Waals surface area contributed by atoms with Crippen molar-refractivity contribution in [3.05, 3.63) is 65.9 Å². The third-order valence-corrected chi connectivity index (χ3v) is 8.53. The fourth-order valence-electron chi connectivity index (χ4n) is 4.52. The summed E-state index contributed by atoms with van der Waals surface area (Å²) in [7, 11) is -1.68. The summed E-state index contributed by atoms with van der Waals surface area (Å²) in [4.78, 5) is 17.8. The summed E-state index contributed by atoms with van der Waals surface area (Å²) < 4.78 is 29.1. The number of carbonyl (C=O) groups is 1. The van der Waals surface area contributed by atoms with E-state index in [0.29, 0.717) is 31.9 Å². The Labute approximate surface area is 196 Å². The molecule has 1 aromatic heterocycles. The number of aromatic nitrogens is 1. The summed E-state index contributed by atoms with van der Waals surface area (Å²) in [6.07, 6.45) is 0. The van der Waals surface area contributed by atoms with E-state index in [2.05, 4.69) is 17.0 Å². The third-order valence-electron chi connectivity index (χ3n) is 6.48. The van der Waals surface area contributed by atoms with Crippen molar-refractivity contribution < 1.29 is 13.2 Å². The first-order valence-electron chi connectivity index (χ1n) is 11.5. The van der Waals surface area contributed by atoms with Crippen LogP contribution in [0.4, 0.5) is 0 Å². The Balaban J connectivity index is 1.50. The Hall–Kier alpha value is -2.68. The molecule has 176 valence electrons. The van der Waals surface area contributed by atoms with Gasteiger partial charge in [0.2, 0.25) is 10.0 Å². The van der Waals surface area contributed by atoms with Gasteiger partial charge in [0.15, 0.2) is 0 Å². The number of carbonyl (C=O) groups excluding carboxylic acids is 1. The van der Waals surface area contributed by atoms with Crippen molar-refractivity contribution in [2.45, 2.75) is 25.3 Å². The topological polar surface area (TPSA) is 65.9 Å². The summed E-state index contributed by atoms with van der Waals surface area (Å²) in [5.41, 5.74) is 2.71. The van der Waals surface area contributed by atoms with Crippen molar-refractivity contribution >= 4 is 26.8 Å². The molecule has 1 saturated heterocycles. The van der Waals surface area contributed by atoms with E-state index >= 15 is 0 Å². The summed E-state index contributed by atoms with van der Waals surface area (Å²) in [5.74, 6) is -0.0128. The molecular formula is C25H32N4O3S. The van der Waals surface area contributed by atoms with E-state index in [1.54, 1.807) is 18.2 Å². The van der Waals surface area contributed by atoms with E-state index in [4.69, 9.17) is 0 Å². The van der Waals surface area contributed by atoms with Gasteiger partial charge in [0.25, 0.3) is 5.91 Å². The first kappa shape index (κ1) is 23.5. The normalized spacial score (nSPS) is 15.5. The second-order valence-corrected chi connectivity index (χ2v) is 10.4. The minimum atomic E-state index is -3.55. The average Bonchev–Trinajstić information content (AvgIpc) is 3.16. The van der Waals surface area contributed by atoms with Crippen molar-refractivity contribution in [3.63, 3.8) is 0 Å². The zero-order chi connectivity index (χ0) is 23.6. The lowest BCUT2D eigenvalue weighted by Crippen LogP contribution is -2.48. The molecule has 0 bridgehead atoms. The Morgan fingerprint density at radius 1 is 0.939 bits per heavy atom. The number of hydrogen-bond donors (Lipinski definition) is 0. The first-order valence-corrected chi connectivity index (χ1v) is 12.9. The van der Waals surface area contributed by atoms with Crippen LogP contribution in [-0.2, 0) is 23.6 Å². The summed E-state index contributed by atoms with van der Waals surface area (Å²) >= 11 is 0. The van der Waals surface area contributed by atoms with E-state index in [1.807, 2.05) is 54.6 Å². The van der Waals surface area contributed by atoms with Gasteiger partial charge >= 0.3 is 0 Å². The minimum Gasteiger partial charge on any atom is -0.340 e. The van der Waals surface area contributed by atoms with Gasteiger partial charge in [-0.25, -0.2) is 8.42 Å². The van der Waals surface area contributed by atoms with Gasteiger partial charge in [-0.05, 0) is 29.8 Å². The molecule has 0 spiro atoms.